The van der Waals surface area contributed by atoms with Crippen LogP contribution < -0.4 is 10.6 Å². The Bertz CT molecular complexity index is 1070. The molecule has 2 aromatic carbocycles. The molecule has 0 spiro atoms. The summed E-state index contributed by atoms with van der Waals surface area (Å²) in [6, 6.07) is 19.8. The van der Waals surface area contributed by atoms with Gasteiger partial charge in [0.25, 0.3) is 0 Å². The molecular formula is C26H28FN3O2. The fourth-order valence-electron chi connectivity index (χ4n) is 4.40. The summed E-state index contributed by atoms with van der Waals surface area (Å²) in [5, 5.41) is 16.2. The molecule has 3 atom stereocenters. The number of benzene rings is 2. The van der Waals surface area contributed by atoms with Crippen LogP contribution in [0.15, 0.2) is 66.9 Å². The normalized spacial score (nSPS) is 17.1. The molecule has 6 heteroatoms. The molecule has 1 aliphatic rings. The Labute approximate surface area is 187 Å². The number of nitrogens with zero attached hydrogens (tertiary/aromatic N) is 1. The standard InChI is InChI=1S/C26H28FN3O2/c1-17(20-9-5-6-18(10-20)11-25(31)32)14-30-26(19-7-3-2-4-8-19)21-12-23-24(28-15-21)13-22(27)16-29-23/h2-10,13,16-17,21,26,28,30H,11-12,14-15H2,1H3,(H,31,32)/t17-,21-,26+/m0/s1. The molecule has 0 bridgehead atoms. The van der Waals surface area contributed by atoms with Crippen molar-refractivity contribution in [2.75, 3.05) is 18.4 Å². The summed E-state index contributed by atoms with van der Waals surface area (Å²) >= 11 is 0. The van der Waals surface area contributed by atoms with Gasteiger partial charge in [0.05, 0.1) is 24.0 Å². The summed E-state index contributed by atoms with van der Waals surface area (Å²) in [6.45, 7) is 3.62. The highest BCUT2D eigenvalue weighted by atomic mass is 19.1. The molecule has 0 saturated carbocycles. The molecule has 1 aliphatic heterocycles. The van der Waals surface area contributed by atoms with Crippen molar-refractivity contribution in [3.8, 4) is 0 Å². The van der Waals surface area contributed by atoms with Gasteiger partial charge in [0.15, 0.2) is 0 Å². The average Bonchev–Trinajstić information content (AvgIpc) is 2.79. The molecule has 166 valence electrons. The van der Waals surface area contributed by atoms with E-state index in [2.05, 4.69) is 34.7 Å². The average molecular weight is 434 g/mol. The molecule has 0 unspecified atom stereocenters. The molecular weight excluding hydrogens is 405 g/mol. The van der Waals surface area contributed by atoms with Crippen molar-refractivity contribution >= 4 is 11.7 Å². The van der Waals surface area contributed by atoms with Crippen molar-refractivity contribution < 1.29 is 14.3 Å². The molecule has 4 rings (SSSR count). The Morgan fingerprint density at radius 3 is 2.75 bits per heavy atom. The van der Waals surface area contributed by atoms with Crippen LogP contribution in [0.2, 0.25) is 0 Å². The number of hydrogen-bond acceptors (Lipinski definition) is 4. The number of carbonyl (C=O) groups is 1. The number of aliphatic carboxylic acids is 1. The Kier molecular flexibility index (Phi) is 6.81. The topological polar surface area (TPSA) is 74.2 Å². The lowest BCUT2D eigenvalue weighted by molar-refractivity contribution is -0.136. The minimum atomic E-state index is -0.823. The van der Waals surface area contributed by atoms with Crippen LogP contribution in [0.5, 0.6) is 0 Å². The van der Waals surface area contributed by atoms with Crippen LogP contribution in [-0.2, 0) is 17.6 Å². The van der Waals surface area contributed by atoms with E-state index >= 15 is 0 Å². The molecule has 0 saturated heterocycles. The van der Waals surface area contributed by atoms with E-state index in [0.29, 0.717) is 0 Å². The van der Waals surface area contributed by atoms with Crippen molar-refractivity contribution in [1.29, 1.82) is 0 Å². The van der Waals surface area contributed by atoms with Gasteiger partial charge in [-0.25, -0.2) is 4.39 Å². The maximum atomic E-state index is 13.5. The summed E-state index contributed by atoms with van der Waals surface area (Å²) < 4.78 is 13.5. The molecule has 0 fully saturated rings. The van der Waals surface area contributed by atoms with Gasteiger partial charge in [0.2, 0.25) is 0 Å². The second kappa shape index (κ2) is 9.92. The second-order valence-electron chi connectivity index (χ2n) is 8.51. The third kappa shape index (κ3) is 5.32. The highest BCUT2D eigenvalue weighted by Gasteiger charge is 2.28. The number of fused-ring (bicyclic) bond motifs is 1. The van der Waals surface area contributed by atoms with E-state index < -0.39 is 5.97 Å². The summed E-state index contributed by atoms with van der Waals surface area (Å²) in [6.07, 6.45) is 2.07. The smallest absolute Gasteiger partial charge is 0.307 e. The number of aromatic nitrogens is 1. The highest BCUT2D eigenvalue weighted by molar-refractivity contribution is 5.70. The maximum Gasteiger partial charge on any atom is 0.307 e. The molecule has 0 amide bonds. The van der Waals surface area contributed by atoms with Crippen LogP contribution in [0.1, 0.15) is 41.3 Å². The van der Waals surface area contributed by atoms with Crippen LogP contribution in [0.4, 0.5) is 10.1 Å². The van der Waals surface area contributed by atoms with E-state index in [-0.39, 0.29) is 30.1 Å². The van der Waals surface area contributed by atoms with Crippen LogP contribution in [0, 0.1) is 11.7 Å². The van der Waals surface area contributed by atoms with Gasteiger partial charge in [-0.05, 0) is 29.0 Å². The lowest BCUT2D eigenvalue weighted by Gasteiger charge is -2.33. The van der Waals surface area contributed by atoms with Crippen LogP contribution >= 0.6 is 0 Å². The van der Waals surface area contributed by atoms with Crippen molar-refractivity contribution in [3.63, 3.8) is 0 Å². The Morgan fingerprint density at radius 2 is 1.97 bits per heavy atom. The number of carboxylic acid groups (broad SMARTS) is 1. The first-order valence-corrected chi connectivity index (χ1v) is 11.0. The van der Waals surface area contributed by atoms with Gasteiger partial charge in [0.1, 0.15) is 5.82 Å². The number of carboxylic acids is 1. The first-order chi connectivity index (χ1) is 15.5. The van der Waals surface area contributed by atoms with Crippen LogP contribution in [-0.4, -0.2) is 29.1 Å². The number of pyridine rings is 1. The fraction of sp³-hybridized carbons (Fsp3) is 0.308. The van der Waals surface area contributed by atoms with E-state index in [1.54, 1.807) is 0 Å². The number of hydrogen-bond donors (Lipinski definition) is 3. The van der Waals surface area contributed by atoms with Gasteiger partial charge >= 0.3 is 5.97 Å². The molecule has 0 radical (unpaired) electrons. The van der Waals surface area contributed by atoms with Crippen molar-refractivity contribution in [1.82, 2.24) is 10.3 Å². The fourth-order valence-corrected chi connectivity index (χ4v) is 4.40. The molecule has 5 nitrogen and oxygen atoms in total. The third-order valence-corrected chi connectivity index (χ3v) is 6.10. The zero-order valence-electron chi connectivity index (χ0n) is 18.1. The minimum absolute atomic E-state index is 0.0291. The maximum absolute atomic E-state index is 13.5. The third-order valence-electron chi connectivity index (χ3n) is 6.10. The molecule has 1 aromatic heterocycles. The summed E-state index contributed by atoms with van der Waals surface area (Å²) in [5.74, 6) is -0.679. The zero-order valence-corrected chi connectivity index (χ0v) is 18.1. The van der Waals surface area contributed by atoms with Gasteiger partial charge in [-0.2, -0.15) is 0 Å². The summed E-state index contributed by atoms with van der Waals surface area (Å²) in [7, 11) is 0. The molecule has 0 aliphatic carbocycles. The first kappa shape index (κ1) is 22.0. The van der Waals surface area contributed by atoms with E-state index in [1.165, 1.54) is 17.8 Å². The molecule has 3 aromatic rings. The number of halogens is 1. The van der Waals surface area contributed by atoms with Gasteiger partial charge in [-0.15, -0.1) is 0 Å². The highest BCUT2D eigenvalue weighted by Crippen LogP contribution is 2.32. The Balaban J connectivity index is 1.50. The van der Waals surface area contributed by atoms with Gasteiger partial charge < -0.3 is 15.7 Å². The van der Waals surface area contributed by atoms with Gasteiger partial charge in [-0.3, -0.25) is 9.78 Å². The quantitative estimate of drug-likeness (QED) is 0.485. The number of nitrogens with one attached hydrogen (secondary N) is 2. The van der Waals surface area contributed by atoms with Crippen molar-refractivity contribution in [2.45, 2.75) is 31.7 Å². The van der Waals surface area contributed by atoms with Gasteiger partial charge in [0, 0.05) is 31.1 Å². The largest absolute Gasteiger partial charge is 0.481 e. The lowest BCUT2D eigenvalue weighted by atomic mass is 9.86. The molecule has 2 heterocycles. The summed E-state index contributed by atoms with van der Waals surface area (Å²) in [4.78, 5) is 15.4. The van der Waals surface area contributed by atoms with E-state index in [1.807, 2.05) is 42.5 Å². The number of anilines is 1. The van der Waals surface area contributed by atoms with Crippen molar-refractivity contribution in [3.05, 3.63) is 95.1 Å². The molecule has 3 N–H and O–H groups in total. The SMILES string of the molecule is C[C@@H](CN[C@H](c1ccccc1)[C@@H]1CNc2cc(F)cnc2C1)c1cccc(CC(=O)O)c1. The van der Waals surface area contributed by atoms with Crippen LogP contribution in [0.25, 0.3) is 0 Å². The van der Waals surface area contributed by atoms with E-state index in [9.17, 15) is 9.18 Å². The van der Waals surface area contributed by atoms with Crippen LogP contribution in [0.3, 0.4) is 0 Å². The van der Waals surface area contributed by atoms with Crippen molar-refractivity contribution in [2.24, 2.45) is 5.92 Å². The van der Waals surface area contributed by atoms with E-state index in [4.69, 9.17) is 5.11 Å². The predicted molar refractivity (Wildman–Crippen MR) is 123 cm³/mol. The van der Waals surface area contributed by atoms with E-state index in [0.717, 1.165) is 42.0 Å². The Hall–Kier alpha value is -3.25. The molecule has 32 heavy (non-hydrogen) atoms. The first-order valence-electron chi connectivity index (χ1n) is 11.0. The van der Waals surface area contributed by atoms with Gasteiger partial charge in [-0.1, -0.05) is 61.5 Å². The number of rotatable bonds is 8. The zero-order chi connectivity index (χ0) is 22.5. The predicted octanol–water partition coefficient (Wildman–Crippen LogP) is 4.57. The Morgan fingerprint density at radius 1 is 1.19 bits per heavy atom. The minimum Gasteiger partial charge on any atom is -0.481 e. The lowest BCUT2D eigenvalue weighted by Crippen LogP contribution is -2.37. The monoisotopic (exact) mass is 433 g/mol. The second-order valence-corrected chi connectivity index (χ2v) is 8.51. The summed E-state index contributed by atoms with van der Waals surface area (Å²) in [5.41, 5.74) is 4.80.